The highest BCUT2D eigenvalue weighted by Gasteiger charge is 2.27. The van der Waals surface area contributed by atoms with Gasteiger partial charge in [0.15, 0.2) is 0 Å². The number of hydrogen-bond donors (Lipinski definition) is 2. The summed E-state index contributed by atoms with van der Waals surface area (Å²) >= 11 is 0. The molecule has 0 bridgehead atoms. The van der Waals surface area contributed by atoms with E-state index in [1.165, 1.54) is 7.11 Å². The number of alkyl carbamates (subject to hydrolysis) is 1. The molecule has 0 saturated heterocycles. The maximum absolute atomic E-state index is 12.2. The standard InChI is InChI=1S/C18H26NO8P/c1-25-16(20)9-6-11-28(23,24)12-10-15(17(21)26-2)19-18(22)27-13-14-7-4-3-5-8-14/h3-5,7-8,15H,6,9-13H2,1-2H3,(H,19,22)(H,23,24)/t15-/m1/s1. The van der Waals surface area contributed by atoms with Crippen LogP contribution in [0.25, 0.3) is 0 Å². The first kappa shape index (κ1) is 23.7. The van der Waals surface area contributed by atoms with E-state index in [1.807, 2.05) is 6.07 Å². The Kier molecular flexibility index (Phi) is 10.3. The van der Waals surface area contributed by atoms with E-state index < -0.39 is 31.4 Å². The second-order valence-corrected chi connectivity index (χ2v) is 8.63. The third-order valence-corrected chi connectivity index (χ3v) is 5.85. The molecule has 156 valence electrons. The number of methoxy groups -OCH3 is 2. The van der Waals surface area contributed by atoms with Crippen molar-refractivity contribution >= 4 is 25.4 Å². The third kappa shape index (κ3) is 9.53. The Balaban J connectivity index is 2.51. The second kappa shape index (κ2) is 12.2. The molecule has 1 aromatic rings. The van der Waals surface area contributed by atoms with Crippen molar-refractivity contribution in [3.8, 4) is 0 Å². The Labute approximate surface area is 163 Å². The minimum atomic E-state index is -3.58. The van der Waals surface area contributed by atoms with E-state index in [-0.39, 0.29) is 38.2 Å². The molecule has 28 heavy (non-hydrogen) atoms. The molecule has 1 unspecified atom stereocenters. The highest BCUT2D eigenvalue weighted by molar-refractivity contribution is 7.57. The number of carbonyl (C=O) groups is 3. The molecular formula is C18H26NO8P. The molecule has 2 N–H and O–H groups in total. The lowest BCUT2D eigenvalue weighted by Gasteiger charge is -2.18. The molecule has 0 aromatic heterocycles. The predicted octanol–water partition coefficient (Wildman–Crippen LogP) is 2.07. The number of esters is 2. The lowest BCUT2D eigenvalue weighted by Crippen LogP contribution is -2.42. The summed E-state index contributed by atoms with van der Waals surface area (Å²) in [5.74, 6) is -1.21. The van der Waals surface area contributed by atoms with Gasteiger partial charge < -0.3 is 24.4 Å². The van der Waals surface area contributed by atoms with Crippen LogP contribution >= 0.6 is 7.37 Å². The van der Waals surface area contributed by atoms with Crippen molar-refractivity contribution in [3.05, 3.63) is 35.9 Å². The van der Waals surface area contributed by atoms with E-state index in [9.17, 15) is 23.8 Å². The first-order chi connectivity index (χ1) is 13.3. The van der Waals surface area contributed by atoms with E-state index >= 15 is 0 Å². The lowest BCUT2D eigenvalue weighted by atomic mass is 10.2. The molecule has 0 aliphatic carbocycles. The van der Waals surface area contributed by atoms with Crippen molar-refractivity contribution in [2.75, 3.05) is 26.5 Å². The highest BCUT2D eigenvalue weighted by atomic mass is 31.2. The molecule has 0 aliphatic rings. The molecule has 0 saturated carbocycles. The quantitative estimate of drug-likeness (QED) is 0.319. The molecule has 9 nitrogen and oxygen atoms in total. The fourth-order valence-corrected chi connectivity index (χ4v) is 3.85. The Morgan fingerprint density at radius 2 is 1.79 bits per heavy atom. The number of hydrogen-bond acceptors (Lipinski definition) is 7. The van der Waals surface area contributed by atoms with Crippen molar-refractivity contribution in [2.45, 2.75) is 31.9 Å². The maximum Gasteiger partial charge on any atom is 0.408 e. The molecule has 1 amide bonds. The number of nitrogens with one attached hydrogen (secondary N) is 1. The summed E-state index contributed by atoms with van der Waals surface area (Å²) in [5.41, 5.74) is 0.776. The molecule has 0 spiro atoms. The predicted molar refractivity (Wildman–Crippen MR) is 101 cm³/mol. The summed E-state index contributed by atoms with van der Waals surface area (Å²) in [6.07, 6.45) is -1.01. The molecule has 0 heterocycles. The minimum Gasteiger partial charge on any atom is -0.469 e. The zero-order valence-electron chi connectivity index (χ0n) is 16.0. The van der Waals surface area contributed by atoms with Crippen molar-refractivity contribution < 1.29 is 38.1 Å². The molecule has 0 aliphatic heterocycles. The average molecular weight is 415 g/mol. The molecular weight excluding hydrogens is 389 g/mol. The Morgan fingerprint density at radius 1 is 1.11 bits per heavy atom. The largest absolute Gasteiger partial charge is 0.469 e. The van der Waals surface area contributed by atoms with Crippen LogP contribution in [0.4, 0.5) is 4.79 Å². The molecule has 0 radical (unpaired) electrons. The Morgan fingerprint density at radius 3 is 2.39 bits per heavy atom. The van der Waals surface area contributed by atoms with Crippen LogP contribution in [0.3, 0.4) is 0 Å². The van der Waals surface area contributed by atoms with Crippen molar-refractivity contribution in [3.63, 3.8) is 0 Å². The van der Waals surface area contributed by atoms with Crippen LogP contribution in [0, 0.1) is 0 Å². The first-order valence-corrected chi connectivity index (χ1v) is 10.7. The summed E-state index contributed by atoms with van der Waals surface area (Å²) in [7, 11) is -1.18. The van der Waals surface area contributed by atoms with E-state index in [1.54, 1.807) is 24.3 Å². The number of ether oxygens (including phenoxy) is 3. The lowest BCUT2D eigenvalue weighted by molar-refractivity contribution is -0.143. The molecule has 0 fully saturated rings. The average Bonchev–Trinajstić information content (AvgIpc) is 2.69. The van der Waals surface area contributed by atoms with Crippen molar-refractivity contribution in [2.24, 2.45) is 0 Å². The summed E-state index contributed by atoms with van der Waals surface area (Å²) in [4.78, 5) is 44.8. The van der Waals surface area contributed by atoms with Crippen LogP contribution in [0.15, 0.2) is 30.3 Å². The van der Waals surface area contributed by atoms with E-state index in [4.69, 9.17) is 4.74 Å². The topological polar surface area (TPSA) is 128 Å². The zero-order valence-corrected chi connectivity index (χ0v) is 16.9. The first-order valence-electron chi connectivity index (χ1n) is 8.70. The summed E-state index contributed by atoms with van der Waals surface area (Å²) in [6.45, 7) is 0.0204. The van der Waals surface area contributed by atoms with Crippen LogP contribution in [0.2, 0.25) is 0 Å². The van der Waals surface area contributed by atoms with Crippen LogP contribution in [0.1, 0.15) is 24.8 Å². The van der Waals surface area contributed by atoms with Gasteiger partial charge in [0.25, 0.3) is 0 Å². The van der Waals surface area contributed by atoms with Crippen LogP contribution in [0.5, 0.6) is 0 Å². The van der Waals surface area contributed by atoms with E-state index in [0.717, 1.165) is 12.7 Å². The molecule has 2 atom stereocenters. The van der Waals surface area contributed by atoms with E-state index in [2.05, 4.69) is 14.8 Å². The van der Waals surface area contributed by atoms with Crippen molar-refractivity contribution in [1.29, 1.82) is 0 Å². The van der Waals surface area contributed by atoms with Crippen LogP contribution < -0.4 is 5.32 Å². The number of rotatable bonds is 11. The fourth-order valence-electron chi connectivity index (χ4n) is 2.31. The molecule has 1 aromatic carbocycles. The van der Waals surface area contributed by atoms with Gasteiger partial charge in [0, 0.05) is 18.7 Å². The third-order valence-electron chi connectivity index (χ3n) is 3.87. The summed E-state index contributed by atoms with van der Waals surface area (Å²) in [6, 6.07) is 7.87. The van der Waals surface area contributed by atoms with Gasteiger partial charge in [-0.05, 0) is 18.4 Å². The highest BCUT2D eigenvalue weighted by Crippen LogP contribution is 2.42. The normalized spacial score (nSPS) is 13.7. The monoisotopic (exact) mass is 415 g/mol. The van der Waals surface area contributed by atoms with E-state index in [0.29, 0.717) is 0 Å². The Bertz CT molecular complexity index is 694. The van der Waals surface area contributed by atoms with Gasteiger partial charge in [-0.15, -0.1) is 0 Å². The van der Waals surface area contributed by atoms with Gasteiger partial charge in [-0.25, -0.2) is 9.59 Å². The number of benzene rings is 1. The Hall–Kier alpha value is -2.38. The van der Waals surface area contributed by atoms with Gasteiger partial charge >= 0.3 is 18.0 Å². The molecule has 1 rings (SSSR count). The number of amides is 1. The van der Waals surface area contributed by atoms with Gasteiger partial charge in [-0.2, -0.15) is 0 Å². The summed E-state index contributed by atoms with van der Waals surface area (Å²) < 4.78 is 26.4. The van der Waals surface area contributed by atoms with Crippen LogP contribution in [-0.4, -0.2) is 55.5 Å². The van der Waals surface area contributed by atoms with Gasteiger partial charge in [-0.1, -0.05) is 30.3 Å². The SMILES string of the molecule is COC(=O)CCCP(=O)(O)CC[C@@H](NC(=O)OCc1ccccc1)C(=O)OC. The second-order valence-electron chi connectivity index (χ2n) is 6.04. The fraction of sp³-hybridized carbons (Fsp3) is 0.500. The van der Waals surface area contributed by atoms with Gasteiger partial charge in [-0.3, -0.25) is 9.36 Å². The maximum atomic E-state index is 12.2. The van der Waals surface area contributed by atoms with Crippen molar-refractivity contribution in [1.82, 2.24) is 5.32 Å². The molecule has 10 heteroatoms. The van der Waals surface area contributed by atoms with Gasteiger partial charge in [0.2, 0.25) is 7.37 Å². The smallest absolute Gasteiger partial charge is 0.408 e. The summed E-state index contributed by atoms with van der Waals surface area (Å²) in [5, 5.41) is 2.35. The van der Waals surface area contributed by atoms with Crippen LogP contribution in [-0.2, 0) is 35.0 Å². The number of carbonyl (C=O) groups excluding carboxylic acids is 3. The van der Waals surface area contributed by atoms with Gasteiger partial charge in [0.05, 0.1) is 14.2 Å². The van der Waals surface area contributed by atoms with Gasteiger partial charge in [0.1, 0.15) is 12.6 Å². The minimum absolute atomic E-state index is 0.0204. The zero-order chi connectivity index (χ0) is 21.0.